The molecule has 0 aliphatic carbocycles. The summed E-state index contributed by atoms with van der Waals surface area (Å²) in [6.45, 7) is 4.00. The summed E-state index contributed by atoms with van der Waals surface area (Å²) in [6, 6.07) is 9.00. The van der Waals surface area contributed by atoms with Gasteiger partial charge in [-0.2, -0.15) is 0 Å². The molecule has 4 heterocycles. The first-order chi connectivity index (χ1) is 18.8. The second kappa shape index (κ2) is 10.5. The summed E-state index contributed by atoms with van der Waals surface area (Å²) < 4.78 is 5.94. The highest BCUT2D eigenvalue weighted by molar-refractivity contribution is 7.17. The Hall–Kier alpha value is -4.16. The smallest absolute Gasteiger partial charge is 0.320 e. The number of ketones is 1. The minimum absolute atomic E-state index is 0.112. The summed E-state index contributed by atoms with van der Waals surface area (Å²) in [4.78, 5) is 55.5. The largest absolute Gasteiger partial charge is 0.468 e. The zero-order valence-electron chi connectivity index (χ0n) is 21.8. The van der Waals surface area contributed by atoms with Crippen LogP contribution in [-0.2, 0) is 14.3 Å². The number of anilines is 1. The van der Waals surface area contributed by atoms with Crippen molar-refractivity contribution >= 4 is 51.2 Å². The maximum atomic E-state index is 14.1. The zero-order chi connectivity index (χ0) is 27.6. The number of nitrogens with one attached hydrogen (secondary N) is 3. The normalized spacial score (nSPS) is 24.5. The van der Waals surface area contributed by atoms with Gasteiger partial charge < -0.3 is 20.3 Å². The Kier molecular flexibility index (Phi) is 7.15. The van der Waals surface area contributed by atoms with Crippen LogP contribution in [0, 0.1) is 11.3 Å². The maximum Gasteiger partial charge on any atom is 0.320 e. The molecule has 2 aliphatic heterocycles. The molecular weight excluding hydrogens is 518 g/mol. The fourth-order valence-corrected chi connectivity index (χ4v) is 5.90. The van der Waals surface area contributed by atoms with E-state index in [-0.39, 0.29) is 18.9 Å². The van der Waals surface area contributed by atoms with Gasteiger partial charge in [-0.3, -0.25) is 19.9 Å². The molecule has 2 amide bonds. The molecule has 1 saturated heterocycles. The van der Waals surface area contributed by atoms with Gasteiger partial charge in [0.25, 0.3) is 0 Å². The van der Waals surface area contributed by atoms with E-state index >= 15 is 0 Å². The quantitative estimate of drug-likeness (QED) is 0.316. The minimum Gasteiger partial charge on any atom is -0.468 e. The fourth-order valence-electron chi connectivity index (χ4n) is 5.11. The van der Waals surface area contributed by atoms with Crippen molar-refractivity contribution in [3.8, 4) is 11.3 Å². The molecule has 3 N–H and O–H groups in total. The number of esters is 1. The zero-order valence-corrected chi connectivity index (χ0v) is 22.6. The second-order valence-corrected chi connectivity index (χ2v) is 10.3. The van der Waals surface area contributed by atoms with E-state index in [1.807, 2.05) is 30.3 Å². The molecular formula is C27H29N7O4S. The summed E-state index contributed by atoms with van der Waals surface area (Å²) in [5.74, 6) is -3.59. The molecule has 12 heteroatoms. The van der Waals surface area contributed by atoms with Crippen LogP contribution in [0.1, 0.15) is 13.8 Å². The average molecular weight is 548 g/mol. The molecule has 5 rings (SSSR count). The van der Waals surface area contributed by atoms with Gasteiger partial charge in [-0.15, -0.1) is 11.3 Å². The first kappa shape index (κ1) is 26.4. The van der Waals surface area contributed by atoms with E-state index in [4.69, 9.17) is 9.73 Å². The van der Waals surface area contributed by atoms with E-state index in [9.17, 15) is 14.4 Å². The number of carbonyl (C=O) groups is 3. The predicted molar refractivity (Wildman–Crippen MR) is 149 cm³/mol. The highest BCUT2D eigenvalue weighted by Crippen LogP contribution is 2.41. The summed E-state index contributed by atoms with van der Waals surface area (Å²) in [5, 5.41) is 8.89. The molecule has 39 heavy (non-hydrogen) atoms. The number of aliphatic imine (C=N–C) groups is 1. The first-order valence-corrected chi connectivity index (χ1v) is 13.4. The van der Waals surface area contributed by atoms with E-state index in [1.165, 1.54) is 18.4 Å². The molecule has 2 aliphatic rings. The number of aromatic nitrogens is 2. The van der Waals surface area contributed by atoms with E-state index < -0.39 is 29.1 Å². The summed E-state index contributed by atoms with van der Waals surface area (Å²) in [7, 11) is 1.25. The first-order valence-electron chi connectivity index (χ1n) is 12.5. The van der Waals surface area contributed by atoms with Crippen molar-refractivity contribution in [3.63, 3.8) is 0 Å². The van der Waals surface area contributed by atoms with Gasteiger partial charge in [0, 0.05) is 49.5 Å². The Morgan fingerprint density at radius 3 is 2.87 bits per heavy atom. The number of Topliss-reactive ketones (excluding diaryl/α,β-unsaturated/α-hetero) is 1. The van der Waals surface area contributed by atoms with E-state index in [0.717, 1.165) is 21.5 Å². The lowest BCUT2D eigenvalue weighted by molar-refractivity contribution is -0.160. The Labute approximate surface area is 229 Å². The molecule has 1 fully saturated rings. The Morgan fingerprint density at radius 1 is 1.28 bits per heavy atom. The number of allylic oxidation sites excluding steroid dienone is 1. The number of amides is 2. The Morgan fingerprint density at radius 2 is 2.13 bits per heavy atom. The van der Waals surface area contributed by atoms with Gasteiger partial charge in [0.1, 0.15) is 5.41 Å². The number of benzene rings is 1. The number of thiazole rings is 1. The van der Waals surface area contributed by atoms with Crippen LogP contribution in [0.15, 0.2) is 59.3 Å². The number of hydrogen-bond acceptors (Lipinski definition) is 10. The third kappa shape index (κ3) is 4.55. The lowest BCUT2D eigenvalue weighted by Crippen LogP contribution is -2.71. The molecule has 3 unspecified atom stereocenters. The summed E-state index contributed by atoms with van der Waals surface area (Å²) in [6.07, 6.45) is 6.75. The highest BCUT2D eigenvalue weighted by atomic mass is 32.1. The number of rotatable bonds is 6. The van der Waals surface area contributed by atoms with E-state index in [1.54, 1.807) is 48.9 Å². The molecule has 11 nitrogen and oxygen atoms in total. The van der Waals surface area contributed by atoms with Gasteiger partial charge in [-0.1, -0.05) is 6.07 Å². The number of urea groups is 1. The number of pyridine rings is 1. The maximum absolute atomic E-state index is 14.1. The van der Waals surface area contributed by atoms with Crippen molar-refractivity contribution in [3.05, 3.63) is 54.3 Å². The van der Waals surface area contributed by atoms with Crippen LogP contribution in [0.25, 0.3) is 21.5 Å². The number of carbonyl (C=O) groups excluding carboxylic acids is 3. The van der Waals surface area contributed by atoms with Crippen molar-refractivity contribution in [2.45, 2.75) is 19.6 Å². The SMILES string of the molecule is CCNC(=O)NC1(C2CNCC(C)(C(=O)OC)C2=O)N=CC=CN1c1cc(-c2ccccn2)c2scnc2c1. The molecule has 0 spiro atoms. The second-order valence-electron chi connectivity index (χ2n) is 9.48. The molecule has 202 valence electrons. The number of piperidine rings is 1. The standard InChI is InChI=1S/C27H29N7O4S/c1-4-29-25(37)33-27(19-14-28-15-26(2,23(19)35)24(36)38-3)32-10-7-11-34(27)17-12-18(20-8-5-6-9-30-20)22-21(13-17)31-16-39-22/h5-13,16,19,28H,4,14-15H2,1-3H3,(H2,29,33,37). The number of methoxy groups -OCH3 is 1. The van der Waals surface area contributed by atoms with Gasteiger partial charge in [0.15, 0.2) is 5.78 Å². The van der Waals surface area contributed by atoms with Crippen molar-refractivity contribution in [2.24, 2.45) is 16.3 Å². The number of nitrogens with zero attached hydrogens (tertiary/aromatic N) is 4. The molecule has 3 atom stereocenters. The lowest BCUT2D eigenvalue weighted by atomic mass is 9.73. The van der Waals surface area contributed by atoms with E-state index in [2.05, 4.69) is 25.9 Å². The van der Waals surface area contributed by atoms with Gasteiger partial charge in [0.05, 0.1) is 34.4 Å². The third-order valence-electron chi connectivity index (χ3n) is 7.04. The Balaban J connectivity index is 1.69. The highest BCUT2D eigenvalue weighted by Gasteiger charge is 2.58. The average Bonchev–Trinajstić information content (AvgIpc) is 3.43. The van der Waals surface area contributed by atoms with Crippen molar-refractivity contribution in [1.29, 1.82) is 0 Å². The molecule has 0 radical (unpaired) electrons. The van der Waals surface area contributed by atoms with Crippen LogP contribution in [0.3, 0.4) is 0 Å². The van der Waals surface area contributed by atoms with Gasteiger partial charge >= 0.3 is 12.0 Å². The van der Waals surface area contributed by atoms with Crippen LogP contribution in [0.4, 0.5) is 10.5 Å². The molecule has 1 aromatic carbocycles. The predicted octanol–water partition coefficient (Wildman–Crippen LogP) is 2.70. The van der Waals surface area contributed by atoms with Crippen LogP contribution >= 0.6 is 11.3 Å². The molecule has 2 aromatic heterocycles. The van der Waals surface area contributed by atoms with E-state index in [0.29, 0.717) is 12.2 Å². The number of ether oxygens (including phenoxy) is 1. The summed E-state index contributed by atoms with van der Waals surface area (Å²) >= 11 is 1.50. The molecule has 0 bridgehead atoms. The lowest BCUT2D eigenvalue weighted by Gasteiger charge is -2.49. The monoisotopic (exact) mass is 547 g/mol. The Bertz CT molecular complexity index is 1470. The van der Waals surface area contributed by atoms with Gasteiger partial charge in [-0.05, 0) is 44.2 Å². The number of hydrogen-bond donors (Lipinski definition) is 3. The van der Waals surface area contributed by atoms with Crippen LogP contribution in [0.5, 0.6) is 0 Å². The fraction of sp³-hybridized carbons (Fsp3) is 0.333. The van der Waals surface area contributed by atoms with Crippen LogP contribution < -0.4 is 20.9 Å². The van der Waals surface area contributed by atoms with Crippen LogP contribution in [-0.4, -0.2) is 66.5 Å². The summed E-state index contributed by atoms with van der Waals surface area (Å²) in [5.41, 5.74) is 3.29. The van der Waals surface area contributed by atoms with Gasteiger partial charge in [-0.25, -0.2) is 14.8 Å². The van der Waals surface area contributed by atoms with Crippen molar-refractivity contribution in [1.82, 2.24) is 25.9 Å². The molecule has 3 aromatic rings. The number of fused-ring (bicyclic) bond motifs is 1. The molecule has 0 saturated carbocycles. The topological polar surface area (TPSA) is 138 Å². The van der Waals surface area contributed by atoms with Crippen molar-refractivity contribution < 1.29 is 19.1 Å². The van der Waals surface area contributed by atoms with Crippen LogP contribution in [0.2, 0.25) is 0 Å². The van der Waals surface area contributed by atoms with Gasteiger partial charge in [0.2, 0.25) is 5.79 Å². The van der Waals surface area contributed by atoms with Crippen molar-refractivity contribution in [2.75, 3.05) is 31.6 Å². The third-order valence-corrected chi connectivity index (χ3v) is 7.91. The minimum atomic E-state index is -1.60.